The maximum Gasteiger partial charge on any atom is 0.277 e. The molecule has 1 aliphatic heterocycles. The van der Waals surface area contributed by atoms with Crippen molar-refractivity contribution in [1.82, 2.24) is 29.5 Å². The lowest BCUT2D eigenvalue weighted by Crippen LogP contribution is -2.24. The number of thiophene rings is 2. The van der Waals surface area contributed by atoms with Crippen LogP contribution in [0, 0.1) is 6.92 Å². The number of unbranched alkanes of at least 4 members (excludes halogenated alkanes) is 5. The van der Waals surface area contributed by atoms with Gasteiger partial charge in [0.2, 0.25) is 0 Å². The fourth-order valence-corrected chi connectivity index (χ4v) is 12.4. The van der Waals surface area contributed by atoms with Gasteiger partial charge in [-0.25, -0.2) is 13.4 Å². The van der Waals surface area contributed by atoms with E-state index in [-0.39, 0.29) is 14.4 Å². The minimum Gasteiger partial charge on any atom is -0.341 e. The van der Waals surface area contributed by atoms with E-state index < -0.39 is 10.0 Å². The van der Waals surface area contributed by atoms with Crippen molar-refractivity contribution in [3.8, 4) is 10.4 Å². The van der Waals surface area contributed by atoms with Gasteiger partial charge in [0.1, 0.15) is 4.21 Å². The fourth-order valence-electron chi connectivity index (χ4n) is 8.51. The second kappa shape index (κ2) is 18.8. The number of nitrogens with one attached hydrogen (secondary N) is 3. The predicted molar refractivity (Wildman–Crippen MR) is 264 cm³/mol. The maximum atomic E-state index is 13.3. The number of carbonyl (C=O) groups is 1. The van der Waals surface area contributed by atoms with E-state index in [1.54, 1.807) is 35.7 Å². The van der Waals surface area contributed by atoms with Crippen molar-refractivity contribution in [2.45, 2.75) is 89.2 Å². The summed E-state index contributed by atoms with van der Waals surface area (Å²) in [7, 11) is -3.66. The number of carbonyl (C=O) groups excluding carboxylic acids is 1. The summed E-state index contributed by atoms with van der Waals surface area (Å²) in [5.41, 5.74) is 9.12. The normalized spacial score (nSPS) is 13.6. The molecule has 0 unspecified atom stereocenters. The number of aryl methyl sites for hydroxylation is 3. The number of benzene rings is 3. The molecule has 5 aromatic heterocycles. The number of hydrogen-bond donors (Lipinski definition) is 3. The molecule has 15 heteroatoms. The molecular formula is C47H58N8O3S4. The van der Waals surface area contributed by atoms with Crippen molar-refractivity contribution >= 4 is 92.8 Å². The molecule has 0 spiro atoms. The number of sulfonamides is 1. The average Bonchev–Trinajstić information content (AvgIpc) is 4.11. The molecule has 8 aromatic rings. The molecule has 9 rings (SSSR count). The van der Waals surface area contributed by atoms with Crippen LogP contribution in [0.25, 0.3) is 42.5 Å². The van der Waals surface area contributed by atoms with Gasteiger partial charge >= 0.3 is 0 Å². The Hall–Kier alpha value is -4.90. The number of thiazole rings is 1. The average molecular weight is 911 g/mol. The highest BCUT2D eigenvalue weighted by atomic mass is 32.2. The molecule has 11 nitrogen and oxygen atoms in total. The van der Waals surface area contributed by atoms with E-state index in [1.165, 1.54) is 93.2 Å². The van der Waals surface area contributed by atoms with Gasteiger partial charge in [-0.05, 0) is 128 Å². The van der Waals surface area contributed by atoms with E-state index >= 15 is 0 Å². The molecule has 62 heavy (non-hydrogen) atoms. The summed E-state index contributed by atoms with van der Waals surface area (Å²) in [5, 5.41) is 18.3. The van der Waals surface area contributed by atoms with Gasteiger partial charge in [-0.2, -0.15) is 5.10 Å². The lowest BCUT2D eigenvalue weighted by Gasteiger charge is -2.19. The summed E-state index contributed by atoms with van der Waals surface area (Å²) in [4.78, 5) is 21.7. The van der Waals surface area contributed by atoms with Gasteiger partial charge in [0, 0.05) is 63.7 Å². The van der Waals surface area contributed by atoms with Crippen molar-refractivity contribution in [1.29, 1.82) is 0 Å². The van der Waals surface area contributed by atoms with E-state index in [1.807, 2.05) is 22.1 Å². The number of amides is 1. The first kappa shape index (κ1) is 42.4. The molecule has 0 fully saturated rings. The van der Waals surface area contributed by atoms with E-state index in [9.17, 15) is 13.2 Å². The maximum absolute atomic E-state index is 13.3. The summed E-state index contributed by atoms with van der Waals surface area (Å²) < 4.78 is 33.4. The van der Waals surface area contributed by atoms with Crippen LogP contribution in [0.1, 0.15) is 83.5 Å². The SMILES string of the molecule is CCn1c2ccc(CNCCCCCCCCN3CCCn4nc(C(=O)Nc5nc6ccc(NS(=O)(=O)c7cccs7)cc6s5)cc4C3)cc2c2ccc(-c3cc(C)cs3)cc21.[HH].[HH].[HH]. The quantitative estimate of drug-likeness (QED) is 0.0732. The van der Waals surface area contributed by atoms with Gasteiger partial charge in [-0.15, -0.1) is 22.7 Å². The largest absolute Gasteiger partial charge is 0.341 e. The molecule has 0 radical (unpaired) electrons. The first-order chi connectivity index (χ1) is 30.2. The summed E-state index contributed by atoms with van der Waals surface area (Å²) in [6, 6.07) is 26.5. The van der Waals surface area contributed by atoms with Gasteiger partial charge in [0.15, 0.2) is 10.8 Å². The highest BCUT2D eigenvalue weighted by molar-refractivity contribution is 7.94. The number of aromatic nitrogens is 4. The minimum absolute atomic E-state index is 0. The monoisotopic (exact) mass is 910 g/mol. The first-order valence-electron chi connectivity index (χ1n) is 21.6. The minimum atomic E-state index is -3.66. The lowest BCUT2D eigenvalue weighted by molar-refractivity contribution is 0.102. The van der Waals surface area contributed by atoms with Crippen LogP contribution in [0.15, 0.2) is 93.8 Å². The van der Waals surface area contributed by atoms with Crippen LogP contribution >= 0.6 is 34.0 Å². The molecule has 3 N–H and O–H groups in total. The summed E-state index contributed by atoms with van der Waals surface area (Å²) >= 11 is 4.27. The summed E-state index contributed by atoms with van der Waals surface area (Å²) in [6.07, 6.45) is 8.32. The van der Waals surface area contributed by atoms with Crippen LogP contribution < -0.4 is 15.4 Å². The Morgan fingerprint density at radius 2 is 1.76 bits per heavy atom. The highest BCUT2D eigenvalue weighted by Crippen LogP contribution is 2.35. The molecular weight excluding hydrogens is 853 g/mol. The number of fused-ring (bicyclic) bond motifs is 5. The Bertz CT molecular complexity index is 2960. The van der Waals surface area contributed by atoms with Crippen LogP contribution in [0.5, 0.6) is 0 Å². The summed E-state index contributed by atoms with van der Waals surface area (Å²) in [6.45, 7) is 10.9. The van der Waals surface area contributed by atoms with E-state index in [4.69, 9.17) is 0 Å². The third kappa shape index (κ3) is 9.53. The number of hydrogen-bond acceptors (Lipinski definition) is 10. The van der Waals surface area contributed by atoms with Gasteiger partial charge in [-0.3, -0.25) is 24.4 Å². The zero-order chi connectivity index (χ0) is 42.6. The molecule has 6 heterocycles. The number of rotatable bonds is 18. The van der Waals surface area contributed by atoms with Crippen LogP contribution in [-0.4, -0.2) is 58.2 Å². The Labute approximate surface area is 379 Å². The second-order valence-electron chi connectivity index (χ2n) is 16.2. The standard InChI is InChI=1S/C47H52N8O3S4.3H2/c1-3-54-41-18-13-33(25-38(41)37-16-14-34(26-42(37)54)43-24-32(2)31-60-43)29-48-19-8-6-4-5-7-9-20-53-21-11-22-55-36(30-53)28-40(51-55)46(56)50-47-49-39-17-15-35(27-44(39)61-47)52-62(57,58)45-12-10-23-59-45;;;/h10,12-18,23-28,31,48,52H,3-9,11,19-22,29-30H2,1-2H3,(H,49,50,56);3*1H. The molecule has 0 bridgehead atoms. The van der Waals surface area contributed by atoms with E-state index in [2.05, 4.69) is 96.6 Å². The Morgan fingerprint density at radius 1 is 0.887 bits per heavy atom. The van der Waals surface area contributed by atoms with Crippen LogP contribution in [0.2, 0.25) is 0 Å². The van der Waals surface area contributed by atoms with Crippen molar-refractivity contribution < 1.29 is 17.5 Å². The molecule has 328 valence electrons. The molecule has 1 aliphatic rings. The molecule has 0 atom stereocenters. The van der Waals surface area contributed by atoms with Crippen molar-refractivity contribution in [3.05, 3.63) is 112 Å². The van der Waals surface area contributed by atoms with Gasteiger partial charge < -0.3 is 9.88 Å². The lowest BCUT2D eigenvalue weighted by atomic mass is 10.1. The molecule has 0 aliphatic carbocycles. The van der Waals surface area contributed by atoms with Crippen molar-refractivity contribution in [2.75, 3.05) is 29.7 Å². The third-order valence-electron chi connectivity index (χ3n) is 11.6. The van der Waals surface area contributed by atoms with Crippen LogP contribution in [0.4, 0.5) is 10.8 Å². The zero-order valence-corrected chi connectivity index (χ0v) is 38.4. The first-order valence-corrected chi connectivity index (χ1v) is 25.6. The number of anilines is 2. The second-order valence-corrected chi connectivity index (χ2v) is 21.0. The van der Waals surface area contributed by atoms with Crippen molar-refractivity contribution in [2.24, 2.45) is 0 Å². The van der Waals surface area contributed by atoms with Crippen molar-refractivity contribution in [3.63, 3.8) is 0 Å². The summed E-state index contributed by atoms with van der Waals surface area (Å²) in [5.74, 6) is -0.304. The number of nitrogens with zero attached hydrogens (tertiary/aromatic N) is 5. The highest BCUT2D eigenvalue weighted by Gasteiger charge is 2.21. The van der Waals surface area contributed by atoms with Gasteiger partial charge in [-0.1, -0.05) is 61.3 Å². The Kier molecular flexibility index (Phi) is 12.9. The van der Waals surface area contributed by atoms with Gasteiger partial charge in [0.25, 0.3) is 15.9 Å². The third-order valence-corrected chi connectivity index (χ3v) is 16.4. The zero-order valence-electron chi connectivity index (χ0n) is 35.2. The molecule has 0 saturated carbocycles. The van der Waals surface area contributed by atoms with E-state index in [0.29, 0.717) is 22.0 Å². The van der Waals surface area contributed by atoms with Crippen LogP contribution in [0.3, 0.4) is 0 Å². The smallest absolute Gasteiger partial charge is 0.277 e. The Balaban J connectivity index is 0.00000233. The fraction of sp³-hybridized carbons (Fsp3) is 0.340. The van der Waals surface area contributed by atoms with Crippen LogP contribution in [-0.2, 0) is 36.2 Å². The van der Waals surface area contributed by atoms with Gasteiger partial charge in [0.05, 0.1) is 21.6 Å². The molecule has 1 amide bonds. The Morgan fingerprint density at radius 3 is 2.58 bits per heavy atom. The topological polar surface area (TPSA) is 126 Å². The predicted octanol–water partition coefficient (Wildman–Crippen LogP) is 11.8. The molecule has 0 saturated heterocycles. The van der Waals surface area contributed by atoms with E-state index in [0.717, 1.165) is 74.0 Å². The molecule has 3 aromatic carbocycles.